The van der Waals surface area contributed by atoms with Gasteiger partial charge in [0.1, 0.15) is 0 Å². The van der Waals surface area contributed by atoms with Crippen LogP contribution in [0.15, 0.2) is 48.5 Å². The standard InChI is InChI=1S/C28H37N2O/c1-2-3-4-5-6-7-8-9-10-11-22-30-28(31)27-20-18-25(19-21-27)13-12-24-14-16-26(23-29)17-15-24/h13-21H,2-12,22H2,1H3,(H,30,31). The van der Waals surface area contributed by atoms with Crippen molar-refractivity contribution in [2.45, 2.75) is 77.6 Å². The van der Waals surface area contributed by atoms with Crippen LogP contribution in [0.25, 0.3) is 0 Å². The van der Waals surface area contributed by atoms with Crippen LogP contribution in [0.3, 0.4) is 0 Å². The topological polar surface area (TPSA) is 52.9 Å². The van der Waals surface area contributed by atoms with Gasteiger partial charge in [-0.25, -0.2) is 0 Å². The highest BCUT2D eigenvalue weighted by Gasteiger charge is 2.05. The van der Waals surface area contributed by atoms with E-state index in [-0.39, 0.29) is 5.91 Å². The smallest absolute Gasteiger partial charge is 0.251 e. The first-order chi connectivity index (χ1) is 15.2. The van der Waals surface area contributed by atoms with Crippen molar-refractivity contribution in [1.82, 2.24) is 5.32 Å². The molecule has 0 aliphatic rings. The summed E-state index contributed by atoms with van der Waals surface area (Å²) in [4.78, 5) is 12.3. The number of carbonyl (C=O) groups excluding carboxylic acids is 1. The van der Waals surface area contributed by atoms with E-state index in [1.54, 1.807) is 0 Å². The molecule has 31 heavy (non-hydrogen) atoms. The summed E-state index contributed by atoms with van der Waals surface area (Å²) in [6.07, 6.45) is 16.0. The minimum atomic E-state index is 0.00886. The van der Waals surface area contributed by atoms with E-state index < -0.39 is 0 Å². The normalized spacial score (nSPS) is 10.6. The lowest BCUT2D eigenvalue weighted by Crippen LogP contribution is -2.24. The Morgan fingerprint density at radius 3 is 2.00 bits per heavy atom. The van der Waals surface area contributed by atoms with E-state index in [1.807, 2.05) is 48.5 Å². The number of hydrogen-bond donors (Lipinski definition) is 1. The molecule has 0 bridgehead atoms. The number of nitrogens with zero attached hydrogens (tertiary/aromatic N) is 1. The fourth-order valence-electron chi connectivity index (χ4n) is 3.64. The molecule has 0 spiro atoms. The molecule has 0 fully saturated rings. The first-order valence-electron chi connectivity index (χ1n) is 11.9. The van der Waals surface area contributed by atoms with Gasteiger partial charge in [-0.2, -0.15) is 5.26 Å². The number of rotatable bonds is 15. The molecule has 0 aromatic heterocycles. The monoisotopic (exact) mass is 417 g/mol. The molecular weight excluding hydrogens is 380 g/mol. The number of nitrogens with one attached hydrogen (secondary N) is 1. The summed E-state index contributed by atoms with van der Waals surface area (Å²) in [5.41, 5.74) is 3.65. The van der Waals surface area contributed by atoms with Crippen LogP contribution in [0.4, 0.5) is 0 Å². The molecule has 0 atom stereocenters. The molecule has 1 N–H and O–H groups in total. The number of hydrogen-bond acceptors (Lipinski definition) is 2. The Morgan fingerprint density at radius 1 is 0.839 bits per heavy atom. The zero-order valence-corrected chi connectivity index (χ0v) is 19.0. The van der Waals surface area contributed by atoms with Crippen molar-refractivity contribution >= 4 is 5.91 Å². The molecule has 0 saturated heterocycles. The van der Waals surface area contributed by atoms with Crippen LogP contribution in [0.2, 0.25) is 0 Å². The molecule has 0 saturated carbocycles. The minimum Gasteiger partial charge on any atom is -0.352 e. The number of carbonyl (C=O) groups is 1. The van der Waals surface area contributed by atoms with Crippen LogP contribution in [0, 0.1) is 17.8 Å². The summed E-state index contributed by atoms with van der Waals surface area (Å²) < 4.78 is 0. The summed E-state index contributed by atoms with van der Waals surface area (Å²) >= 11 is 0. The van der Waals surface area contributed by atoms with Crippen LogP contribution < -0.4 is 5.32 Å². The molecule has 3 nitrogen and oxygen atoms in total. The zero-order valence-electron chi connectivity index (χ0n) is 19.0. The average Bonchev–Trinajstić information content (AvgIpc) is 2.81. The Hall–Kier alpha value is -2.60. The Kier molecular flexibility index (Phi) is 12.1. The van der Waals surface area contributed by atoms with E-state index in [1.165, 1.54) is 57.8 Å². The quantitative estimate of drug-likeness (QED) is 0.317. The van der Waals surface area contributed by atoms with E-state index in [0.717, 1.165) is 30.5 Å². The molecule has 2 rings (SSSR count). The third kappa shape index (κ3) is 10.3. The van der Waals surface area contributed by atoms with E-state index in [2.05, 4.69) is 24.7 Å². The largest absolute Gasteiger partial charge is 0.352 e. The van der Waals surface area contributed by atoms with Crippen LogP contribution in [-0.2, 0) is 6.42 Å². The predicted octanol–water partition coefficient (Wildman–Crippen LogP) is 7.00. The highest BCUT2D eigenvalue weighted by molar-refractivity contribution is 5.94. The van der Waals surface area contributed by atoms with E-state index in [4.69, 9.17) is 5.26 Å². The third-order valence-corrected chi connectivity index (χ3v) is 5.65. The summed E-state index contributed by atoms with van der Waals surface area (Å²) in [5, 5.41) is 11.9. The molecule has 0 heterocycles. The molecule has 3 heteroatoms. The van der Waals surface area contributed by atoms with Crippen LogP contribution >= 0.6 is 0 Å². The lowest BCUT2D eigenvalue weighted by Gasteiger charge is -2.07. The lowest BCUT2D eigenvalue weighted by molar-refractivity contribution is 0.0953. The maximum Gasteiger partial charge on any atom is 0.251 e. The lowest BCUT2D eigenvalue weighted by atomic mass is 10.0. The molecule has 0 unspecified atom stereocenters. The van der Waals surface area contributed by atoms with Gasteiger partial charge < -0.3 is 5.32 Å². The fourth-order valence-corrected chi connectivity index (χ4v) is 3.64. The summed E-state index contributed by atoms with van der Waals surface area (Å²) in [5.74, 6) is 0.00886. The van der Waals surface area contributed by atoms with E-state index >= 15 is 0 Å². The highest BCUT2D eigenvalue weighted by atomic mass is 16.1. The second kappa shape index (κ2) is 15.2. The highest BCUT2D eigenvalue weighted by Crippen LogP contribution is 2.13. The van der Waals surface area contributed by atoms with Crippen molar-refractivity contribution in [3.63, 3.8) is 0 Å². The number of nitriles is 1. The van der Waals surface area contributed by atoms with Gasteiger partial charge in [0.15, 0.2) is 0 Å². The number of amides is 1. The molecule has 1 amide bonds. The van der Waals surface area contributed by atoms with Crippen molar-refractivity contribution in [2.75, 3.05) is 6.54 Å². The van der Waals surface area contributed by atoms with Crippen molar-refractivity contribution in [1.29, 1.82) is 5.26 Å². The first kappa shape index (κ1) is 24.7. The Morgan fingerprint density at radius 2 is 1.42 bits per heavy atom. The second-order valence-corrected chi connectivity index (χ2v) is 8.28. The Bertz CT molecular complexity index is 787. The molecule has 2 aromatic carbocycles. The molecule has 1 radical (unpaired) electrons. The van der Waals surface area contributed by atoms with Crippen LogP contribution in [0.1, 0.15) is 98.2 Å². The van der Waals surface area contributed by atoms with Gasteiger partial charge in [0.2, 0.25) is 0 Å². The fraction of sp³-hybridized carbons (Fsp3) is 0.464. The van der Waals surface area contributed by atoms with Crippen LogP contribution in [-0.4, -0.2) is 12.5 Å². The van der Waals surface area contributed by atoms with E-state index in [9.17, 15) is 4.79 Å². The zero-order chi connectivity index (χ0) is 22.2. The van der Waals surface area contributed by atoms with Crippen molar-refractivity contribution in [3.05, 3.63) is 77.2 Å². The van der Waals surface area contributed by atoms with Gasteiger partial charge in [0.25, 0.3) is 5.91 Å². The molecule has 165 valence electrons. The molecule has 0 aliphatic heterocycles. The van der Waals surface area contributed by atoms with Crippen molar-refractivity contribution in [2.24, 2.45) is 0 Å². The predicted molar refractivity (Wildman–Crippen MR) is 129 cm³/mol. The van der Waals surface area contributed by atoms with Crippen LogP contribution in [0.5, 0.6) is 0 Å². The van der Waals surface area contributed by atoms with Gasteiger partial charge >= 0.3 is 0 Å². The van der Waals surface area contributed by atoms with Gasteiger partial charge in [-0.3, -0.25) is 4.79 Å². The average molecular weight is 418 g/mol. The van der Waals surface area contributed by atoms with Crippen molar-refractivity contribution in [3.8, 4) is 6.07 Å². The van der Waals surface area contributed by atoms with Gasteiger partial charge in [0, 0.05) is 12.1 Å². The molecular formula is C28H37N2O. The first-order valence-corrected chi connectivity index (χ1v) is 11.9. The minimum absolute atomic E-state index is 0.00886. The third-order valence-electron chi connectivity index (χ3n) is 5.65. The Labute approximate surface area is 188 Å². The molecule has 2 aromatic rings. The maximum absolute atomic E-state index is 12.3. The molecule has 0 aliphatic carbocycles. The summed E-state index contributed by atoms with van der Waals surface area (Å²) in [6, 6.07) is 17.5. The Balaban J connectivity index is 1.56. The van der Waals surface area contributed by atoms with Gasteiger partial charge in [-0.15, -0.1) is 0 Å². The summed E-state index contributed by atoms with van der Waals surface area (Å²) in [7, 11) is 0. The van der Waals surface area contributed by atoms with Gasteiger partial charge in [-0.1, -0.05) is 89.0 Å². The van der Waals surface area contributed by atoms with Gasteiger partial charge in [-0.05, 0) is 54.7 Å². The second-order valence-electron chi connectivity index (χ2n) is 8.28. The SMILES string of the molecule is CCCCCCCCCCCCNC(=O)c1ccc([CH]Cc2ccc(C#N)cc2)cc1. The number of benzene rings is 2. The maximum atomic E-state index is 12.3. The van der Waals surface area contributed by atoms with Gasteiger partial charge in [0.05, 0.1) is 11.6 Å². The van der Waals surface area contributed by atoms with E-state index in [0.29, 0.717) is 11.1 Å². The number of unbranched alkanes of at least 4 members (excludes halogenated alkanes) is 9. The summed E-state index contributed by atoms with van der Waals surface area (Å²) in [6.45, 7) is 3.01. The van der Waals surface area contributed by atoms with Crippen molar-refractivity contribution < 1.29 is 4.79 Å².